The van der Waals surface area contributed by atoms with E-state index < -0.39 is 11.0 Å². The number of piperidine rings is 1. The lowest BCUT2D eigenvalue weighted by Gasteiger charge is -2.32. The second kappa shape index (κ2) is 5.57. The second-order valence-electron chi connectivity index (χ2n) is 5.15. The molecule has 3 rings (SSSR count). The van der Waals surface area contributed by atoms with Crippen molar-refractivity contribution in [3.05, 3.63) is 39.0 Å². The molecule has 2 aromatic rings. The molecule has 1 aromatic carbocycles. The molecule has 0 bridgehead atoms. The van der Waals surface area contributed by atoms with Gasteiger partial charge in [-0.3, -0.25) is 10.1 Å². The lowest BCUT2D eigenvalue weighted by Crippen LogP contribution is -2.38. The summed E-state index contributed by atoms with van der Waals surface area (Å²) in [5, 5.41) is 21.9. The number of hydrogen-bond acceptors (Lipinski definition) is 5. The standard InChI is InChI=1S/C14H14BrN3O3/c15-9-3-4-12-11(6-9)14(13(7-16-12)18(20)21)17-5-1-2-10(19)8-17/h3-4,6-7,10,19H,1-2,5,8H2/t10-/m0/s1. The zero-order chi connectivity index (χ0) is 15.0. The number of halogens is 1. The van der Waals surface area contributed by atoms with Gasteiger partial charge in [-0.25, -0.2) is 4.98 Å². The summed E-state index contributed by atoms with van der Waals surface area (Å²) in [5.74, 6) is 0. The molecule has 1 aliphatic rings. The van der Waals surface area contributed by atoms with Crippen molar-refractivity contribution in [1.82, 2.24) is 4.98 Å². The van der Waals surface area contributed by atoms with Crippen LogP contribution in [0.15, 0.2) is 28.9 Å². The molecule has 1 N–H and O–H groups in total. The summed E-state index contributed by atoms with van der Waals surface area (Å²) in [6.07, 6.45) is 2.40. The lowest BCUT2D eigenvalue weighted by molar-refractivity contribution is -0.384. The average molecular weight is 352 g/mol. The molecule has 0 amide bonds. The van der Waals surface area contributed by atoms with Crippen molar-refractivity contribution in [2.75, 3.05) is 18.0 Å². The number of nitro groups is 1. The SMILES string of the molecule is O=[N+]([O-])c1cnc2ccc(Br)cc2c1N1CCC[C@H](O)C1. The second-order valence-corrected chi connectivity index (χ2v) is 6.07. The smallest absolute Gasteiger partial charge is 0.311 e. The van der Waals surface area contributed by atoms with Crippen LogP contribution in [-0.4, -0.2) is 34.2 Å². The molecule has 1 saturated heterocycles. The highest BCUT2D eigenvalue weighted by molar-refractivity contribution is 9.10. The van der Waals surface area contributed by atoms with Crippen molar-refractivity contribution in [1.29, 1.82) is 0 Å². The molecule has 0 unspecified atom stereocenters. The highest BCUT2D eigenvalue weighted by Crippen LogP contribution is 2.37. The Hall–Kier alpha value is -1.73. The molecule has 1 aliphatic heterocycles. The maximum Gasteiger partial charge on any atom is 0.311 e. The Bertz CT molecular complexity index is 707. The van der Waals surface area contributed by atoms with Gasteiger partial charge in [0.15, 0.2) is 0 Å². The molecule has 7 heteroatoms. The van der Waals surface area contributed by atoms with E-state index >= 15 is 0 Å². The summed E-state index contributed by atoms with van der Waals surface area (Å²) < 4.78 is 0.844. The normalized spacial score (nSPS) is 19.0. The van der Waals surface area contributed by atoms with Crippen LogP contribution in [0.2, 0.25) is 0 Å². The Labute approximate surface area is 129 Å². The van der Waals surface area contributed by atoms with Crippen LogP contribution in [0.3, 0.4) is 0 Å². The van der Waals surface area contributed by atoms with Crippen LogP contribution in [0.4, 0.5) is 11.4 Å². The van der Waals surface area contributed by atoms with E-state index in [1.807, 2.05) is 23.1 Å². The first-order valence-electron chi connectivity index (χ1n) is 6.72. The quantitative estimate of drug-likeness (QED) is 0.664. The molecule has 2 heterocycles. The number of benzene rings is 1. The summed E-state index contributed by atoms with van der Waals surface area (Å²) in [7, 11) is 0. The molecule has 0 spiro atoms. The highest BCUT2D eigenvalue weighted by atomic mass is 79.9. The molecule has 1 aromatic heterocycles. The molecule has 110 valence electrons. The molecule has 1 atom stereocenters. The molecule has 0 radical (unpaired) electrons. The minimum absolute atomic E-state index is 0.0188. The minimum atomic E-state index is -0.450. The van der Waals surface area contributed by atoms with Crippen LogP contribution in [0, 0.1) is 10.1 Å². The average Bonchev–Trinajstić information content (AvgIpc) is 2.45. The van der Waals surface area contributed by atoms with Gasteiger partial charge < -0.3 is 10.0 Å². The van der Waals surface area contributed by atoms with Crippen molar-refractivity contribution in [2.45, 2.75) is 18.9 Å². The fourth-order valence-corrected chi connectivity index (χ4v) is 3.13. The molecule has 1 fully saturated rings. The predicted molar refractivity (Wildman–Crippen MR) is 83.6 cm³/mol. The van der Waals surface area contributed by atoms with Gasteiger partial charge in [-0.15, -0.1) is 0 Å². The van der Waals surface area contributed by atoms with Gasteiger partial charge in [-0.1, -0.05) is 15.9 Å². The first kappa shape index (κ1) is 14.2. The number of hydrogen-bond donors (Lipinski definition) is 1. The Morgan fingerprint density at radius 2 is 2.29 bits per heavy atom. The fraction of sp³-hybridized carbons (Fsp3) is 0.357. The van der Waals surface area contributed by atoms with Crippen molar-refractivity contribution < 1.29 is 10.0 Å². The maximum absolute atomic E-state index is 11.3. The van der Waals surface area contributed by atoms with Crippen LogP contribution in [-0.2, 0) is 0 Å². The van der Waals surface area contributed by atoms with Crippen LogP contribution in [0.5, 0.6) is 0 Å². The Morgan fingerprint density at radius 1 is 1.48 bits per heavy atom. The van der Waals surface area contributed by atoms with E-state index in [9.17, 15) is 15.2 Å². The van der Waals surface area contributed by atoms with Crippen LogP contribution in [0.25, 0.3) is 10.9 Å². The van der Waals surface area contributed by atoms with E-state index in [2.05, 4.69) is 20.9 Å². The summed E-state index contributed by atoms with van der Waals surface area (Å²) in [6.45, 7) is 1.11. The monoisotopic (exact) mass is 351 g/mol. The van der Waals surface area contributed by atoms with Gasteiger partial charge in [0.2, 0.25) is 0 Å². The van der Waals surface area contributed by atoms with E-state index in [1.165, 1.54) is 6.20 Å². The Morgan fingerprint density at radius 3 is 3.00 bits per heavy atom. The predicted octanol–water partition coefficient (Wildman–Crippen LogP) is 2.87. The molecule has 0 saturated carbocycles. The van der Waals surface area contributed by atoms with E-state index in [0.717, 1.165) is 22.7 Å². The molecule has 0 aliphatic carbocycles. The molecular formula is C14H14BrN3O3. The number of β-amino-alcohol motifs (C(OH)–C–C–N with tert-alkyl or cyclic N) is 1. The zero-order valence-electron chi connectivity index (χ0n) is 11.2. The highest BCUT2D eigenvalue weighted by Gasteiger charge is 2.27. The van der Waals surface area contributed by atoms with E-state index in [1.54, 1.807) is 0 Å². The van der Waals surface area contributed by atoms with Crippen molar-refractivity contribution >= 4 is 38.2 Å². The summed E-state index contributed by atoms with van der Waals surface area (Å²) in [6, 6.07) is 5.52. The Kier molecular flexibility index (Phi) is 3.77. The third-order valence-electron chi connectivity index (χ3n) is 3.69. The van der Waals surface area contributed by atoms with Gasteiger partial charge in [-0.05, 0) is 31.0 Å². The Balaban J connectivity index is 2.22. The number of aromatic nitrogens is 1. The first-order valence-corrected chi connectivity index (χ1v) is 7.51. The molecule has 6 nitrogen and oxygen atoms in total. The van der Waals surface area contributed by atoms with Gasteiger partial charge in [0.1, 0.15) is 11.9 Å². The van der Waals surface area contributed by atoms with E-state index in [0.29, 0.717) is 24.3 Å². The maximum atomic E-state index is 11.3. The van der Waals surface area contributed by atoms with Gasteiger partial charge in [0.25, 0.3) is 0 Å². The molecule has 21 heavy (non-hydrogen) atoms. The number of pyridine rings is 1. The van der Waals surface area contributed by atoms with Crippen LogP contribution >= 0.6 is 15.9 Å². The third-order valence-corrected chi connectivity index (χ3v) is 4.18. The molecular weight excluding hydrogens is 338 g/mol. The topological polar surface area (TPSA) is 79.5 Å². The number of rotatable bonds is 2. The largest absolute Gasteiger partial charge is 0.391 e. The lowest BCUT2D eigenvalue weighted by atomic mass is 10.1. The van der Waals surface area contributed by atoms with Gasteiger partial charge in [0, 0.05) is 22.9 Å². The number of aliphatic hydroxyl groups excluding tert-OH is 1. The number of aliphatic hydroxyl groups is 1. The van der Waals surface area contributed by atoms with Crippen LogP contribution < -0.4 is 4.90 Å². The number of fused-ring (bicyclic) bond motifs is 1. The summed E-state index contributed by atoms with van der Waals surface area (Å²) >= 11 is 3.40. The summed E-state index contributed by atoms with van der Waals surface area (Å²) in [4.78, 5) is 17.0. The van der Waals surface area contributed by atoms with Crippen molar-refractivity contribution in [2.24, 2.45) is 0 Å². The fourth-order valence-electron chi connectivity index (χ4n) is 2.76. The third kappa shape index (κ3) is 2.71. The number of anilines is 1. The van der Waals surface area contributed by atoms with Crippen molar-refractivity contribution in [3.8, 4) is 0 Å². The summed E-state index contributed by atoms with van der Waals surface area (Å²) in [5.41, 5.74) is 1.23. The zero-order valence-corrected chi connectivity index (χ0v) is 12.8. The van der Waals surface area contributed by atoms with Gasteiger partial charge in [-0.2, -0.15) is 0 Å². The van der Waals surface area contributed by atoms with Crippen LogP contribution in [0.1, 0.15) is 12.8 Å². The number of nitrogens with zero attached hydrogens (tertiary/aromatic N) is 3. The van der Waals surface area contributed by atoms with Crippen molar-refractivity contribution in [3.63, 3.8) is 0 Å². The van der Waals surface area contributed by atoms with Gasteiger partial charge in [0.05, 0.1) is 16.5 Å². The van der Waals surface area contributed by atoms with E-state index in [4.69, 9.17) is 0 Å². The minimum Gasteiger partial charge on any atom is -0.391 e. The van der Waals surface area contributed by atoms with Gasteiger partial charge >= 0.3 is 5.69 Å². The van der Waals surface area contributed by atoms with E-state index in [-0.39, 0.29) is 5.69 Å². The first-order chi connectivity index (χ1) is 10.1.